The van der Waals surface area contributed by atoms with E-state index in [1.54, 1.807) is 41.3 Å². The van der Waals surface area contributed by atoms with E-state index in [0.717, 1.165) is 48.9 Å². The van der Waals surface area contributed by atoms with Crippen LogP contribution in [0.2, 0.25) is 0 Å². The minimum absolute atomic E-state index is 0.0256. The molecule has 6 N–H and O–H groups in total. The fourth-order valence-corrected chi connectivity index (χ4v) is 10.9. The molecule has 10 rings (SSSR count). The highest BCUT2D eigenvalue weighted by Gasteiger charge is 2.46. The summed E-state index contributed by atoms with van der Waals surface area (Å²) in [6.07, 6.45) is 9.99. The lowest BCUT2D eigenvalue weighted by Crippen LogP contribution is -2.48. The third-order valence-electron chi connectivity index (χ3n) is 14.9. The van der Waals surface area contributed by atoms with Gasteiger partial charge in [0.2, 0.25) is 11.8 Å². The van der Waals surface area contributed by atoms with Gasteiger partial charge < -0.3 is 41.0 Å². The van der Waals surface area contributed by atoms with Crippen LogP contribution >= 0.6 is 0 Å². The molecule has 7 heterocycles. The molecule has 4 atom stereocenters. The zero-order valence-corrected chi connectivity index (χ0v) is 44.0. The molecule has 20 nitrogen and oxygen atoms in total. The second-order valence-corrected chi connectivity index (χ2v) is 20.2. The monoisotopic (exact) mass is 1050 g/mol. The molecule has 404 valence electrons. The van der Waals surface area contributed by atoms with Crippen molar-refractivity contribution < 1.29 is 28.7 Å². The van der Waals surface area contributed by atoms with Gasteiger partial charge >= 0.3 is 0 Å². The summed E-state index contributed by atoms with van der Waals surface area (Å²) in [4.78, 5) is 76.8. The second-order valence-electron chi connectivity index (χ2n) is 20.2. The van der Waals surface area contributed by atoms with Crippen LogP contribution in [0, 0.1) is 12.8 Å². The number of carbonyl (C=O) groups is 4. The van der Waals surface area contributed by atoms with Crippen LogP contribution in [-0.4, -0.2) is 127 Å². The number of piperidine rings is 1. The number of aromatic amines is 1. The van der Waals surface area contributed by atoms with Crippen LogP contribution in [-0.2, 0) is 19.1 Å². The number of likely N-dealkylation sites (tertiary alicyclic amines) is 1. The van der Waals surface area contributed by atoms with Crippen LogP contribution < -0.4 is 26.6 Å². The van der Waals surface area contributed by atoms with E-state index >= 15 is 0 Å². The molecule has 1 aliphatic carbocycles. The van der Waals surface area contributed by atoms with E-state index in [2.05, 4.69) is 41.0 Å². The topological polar surface area (TPSA) is 253 Å². The maximum atomic E-state index is 14.0. The molecule has 1 saturated carbocycles. The molecule has 2 unspecified atom stereocenters. The number of pyridine rings is 2. The summed E-state index contributed by atoms with van der Waals surface area (Å²) in [7, 11) is 0. The fourth-order valence-electron chi connectivity index (χ4n) is 10.9. The zero-order valence-electron chi connectivity index (χ0n) is 44.0. The number of amides is 4. The first-order chi connectivity index (χ1) is 38.0. The molecule has 5 aromatic heterocycles. The predicted molar refractivity (Wildman–Crippen MR) is 295 cm³/mol. The van der Waals surface area contributed by atoms with Gasteiger partial charge in [-0.05, 0) is 118 Å². The Labute approximate surface area is 453 Å². The molecule has 0 radical (unpaired) electrons. The molecule has 78 heavy (non-hydrogen) atoms. The summed E-state index contributed by atoms with van der Waals surface area (Å²) in [5.41, 5.74) is 12.1. The van der Waals surface area contributed by atoms with Crippen LogP contribution in [0.25, 0.3) is 28.3 Å². The number of hydrogen-bond donors (Lipinski definition) is 5. The number of nitrogen functional groups attached to an aromatic ring is 1. The van der Waals surface area contributed by atoms with E-state index in [-0.39, 0.29) is 54.3 Å². The third-order valence-corrected chi connectivity index (χ3v) is 14.9. The fraction of sp³-hybridized carbons (Fsp3) is 0.379. The van der Waals surface area contributed by atoms with Gasteiger partial charge in [-0.3, -0.25) is 24.3 Å². The molecule has 3 aliphatic rings. The number of fused-ring (bicyclic) bond motifs is 1. The third kappa shape index (κ3) is 12.7. The minimum Gasteiger partial charge on any atom is -0.399 e. The molecule has 2 aliphatic heterocycles. The number of rotatable bonds is 20. The van der Waals surface area contributed by atoms with Gasteiger partial charge in [-0.25, -0.2) is 19.9 Å². The van der Waals surface area contributed by atoms with Crippen molar-refractivity contribution in [3.63, 3.8) is 0 Å². The number of aryl methyl sites for hydroxylation is 1. The minimum atomic E-state index is -0.415. The molecular formula is C58H66N14O6. The van der Waals surface area contributed by atoms with Gasteiger partial charge in [0, 0.05) is 67.4 Å². The number of H-pyrrole nitrogens is 1. The van der Waals surface area contributed by atoms with Gasteiger partial charge in [-0.1, -0.05) is 49.2 Å². The Balaban J connectivity index is 0.650. The Kier molecular flexibility index (Phi) is 16.8. The Morgan fingerprint density at radius 1 is 0.782 bits per heavy atom. The van der Waals surface area contributed by atoms with E-state index in [1.807, 2.05) is 97.6 Å². The zero-order chi connectivity index (χ0) is 54.0. The van der Waals surface area contributed by atoms with E-state index < -0.39 is 12.1 Å². The van der Waals surface area contributed by atoms with Gasteiger partial charge in [0.15, 0.2) is 5.82 Å². The van der Waals surface area contributed by atoms with Crippen molar-refractivity contribution in [1.29, 1.82) is 0 Å². The number of nitrogens with zero attached hydrogens (tertiary/aromatic N) is 9. The summed E-state index contributed by atoms with van der Waals surface area (Å²) in [5, 5.41) is 21.0. The molecule has 0 spiro atoms. The Morgan fingerprint density at radius 3 is 2.31 bits per heavy atom. The molecule has 0 bridgehead atoms. The van der Waals surface area contributed by atoms with Crippen LogP contribution in [0.5, 0.6) is 0 Å². The summed E-state index contributed by atoms with van der Waals surface area (Å²) in [6.45, 7) is 6.46. The van der Waals surface area contributed by atoms with Crippen LogP contribution in [0.3, 0.4) is 0 Å². The average molecular weight is 1060 g/mol. The van der Waals surface area contributed by atoms with Gasteiger partial charge in [-0.15, -0.1) is 0 Å². The highest BCUT2D eigenvalue weighted by molar-refractivity contribution is 6.03. The van der Waals surface area contributed by atoms with E-state index in [1.165, 1.54) is 0 Å². The van der Waals surface area contributed by atoms with Gasteiger partial charge in [-0.2, -0.15) is 14.9 Å². The van der Waals surface area contributed by atoms with E-state index in [9.17, 15) is 19.2 Å². The maximum Gasteiger partial charge on any atom is 0.275 e. The van der Waals surface area contributed by atoms with Crippen molar-refractivity contribution >= 4 is 41.0 Å². The van der Waals surface area contributed by atoms with Crippen LogP contribution in [0.15, 0.2) is 116 Å². The van der Waals surface area contributed by atoms with Crippen LogP contribution in [0.1, 0.15) is 108 Å². The Morgan fingerprint density at radius 2 is 1.55 bits per heavy atom. The average Bonchev–Trinajstić information content (AvgIpc) is 4.26. The number of anilines is 3. The lowest BCUT2D eigenvalue weighted by atomic mass is 9.84. The quantitative estimate of drug-likeness (QED) is 0.0373. The van der Waals surface area contributed by atoms with Crippen molar-refractivity contribution in [3.8, 4) is 28.3 Å². The second kappa shape index (κ2) is 24.8. The smallest absolute Gasteiger partial charge is 0.275 e. The number of benzene rings is 2. The molecular weight excluding hydrogens is 989 g/mol. The lowest BCUT2D eigenvalue weighted by Gasteiger charge is -2.35. The Hall–Kier alpha value is -8.36. The lowest BCUT2D eigenvalue weighted by molar-refractivity contribution is -0.133. The normalized spacial score (nSPS) is 17.8. The molecule has 3 fully saturated rings. The highest BCUT2D eigenvalue weighted by atomic mass is 16.5. The van der Waals surface area contributed by atoms with Crippen molar-refractivity contribution in [2.45, 2.75) is 89.3 Å². The molecule has 2 saturated heterocycles. The molecule has 4 amide bonds. The van der Waals surface area contributed by atoms with E-state index in [4.69, 9.17) is 30.3 Å². The van der Waals surface area contributed by atoms with E-state index in [0.29, 0.717) is 110 Å². The van der Waals surface area contributed by atoms with Crippen molar-refractivity contribution in [1.82, 2.24) is 55.4 Å². The summed E-state index contributed by atoms with van der Waals surface area (Å²) in [5.74, 6) is 2.10. The summed E-state index contributed by atoms with van der Waals surface area (Å²) in [6, 6.07) is 30.8. The van der Waals surface area contributed by atoms with Gasteiger partial charge in [0.05, 0.1) is 61.7 Å². The number of nitrogens with one attached hydrogen (secondary N) is 4. The number of ether oxygens (including phenoxy) is 2. The molecule has 20 heteroatoms. The first-order valence-corrected chi connectivity index (χ1v) is 27.0. The number of nitrogens with two attached hydrogens (primary N) is 1. The van der Waals surface area contributed by atoms with Crippen molar-refractivity contribution in [2.75, 3.05) is 62.0 Å². The maximum absolute atomic E-state index is 14.0. The summed E-state index contributed by atoms with van der Waals surface area (Å²) < 4.78 is 13.3. The van der Waals surface area contributed by atoms with Crippen molar-refractivity contribution in [3.05, 3.63) is 144 Å². The number of aromatic nitrogens is 8. The first-order valence-electron chi connectivity index (χ1n) is 27.0. The Bertz CT molecular complexity index is 3160. The first kappa shape index (κ1) is 53.1. The highest BCUT2D eigenvalue weighted by Crippen LogP contribution is 2.42. The standard InChI is InChI=1S/C58H66N14O6/c1-37(63-56(74)42-15-13-39(14-16-42)40-17-19-44(59)20-18-40)48-35-53(65-38(2)64-48)71-50-11-4-3-8-43(50)34-51(71)58(76)61-27-31-78-33-32-77-30-24-55(73)70-28-22-41(23-29-70)49-36-54(72(69-49)52-12-5-6-25-60-52)67-57(75)47-10-7-9-45(66-47)46-21-26-62-68-46/h5-7,9-10,12-21,25-26,35-37,41,43,50-51H,3-4,8,11,22-24,27-34,59H2,1-2H3,(H,61,76)(H,62,68)(H,63,74)(H,67,75)/t37?,43-,50-,51?/m0/s1. The van der Waals surface area contributed by atoms with Gasteiger partial charge in [0.1, 0.15) is 29.2 Å². The molecule has 7 aromatic rings. The largest absolute Gasteiger partial charge is 0.399 e. The van der Waals surface area contributed by atoms with Crippen molar-refractivity contribution in [2.24, 2.45) is 5.92 Å². The number of carbonyl (C=O) groups excluding carboxylic acids is 4. The predicted octanol–water partition coefficient (Wildman–Crippen LogP) is 7.23. The summed E-state index contributed by atoms with van der Waals surface area (Å²) >= 11 is 0. The van der Waals surface area contributed by atoms with Gasteiger partial charge in [0.25, 0.3) is 11.8 Å². The van der Waals surface area contributed by atoms with Crippen LogP contribution in [0.4, 0.5) is 17.3 Å². The SMILES string of the molecule is Cc1nc(C(C)NC(=O)c2ccc(-c3ccc(N)cc3)cc2)cc(N2C(C(=O)NCCOCCOCCC(=O)N3CCC(c4cc(NC(=O)c5cccc(-c6ccn[nH]6)n5)n(-c5ccccn5)n4)CC3)C[C@@H]3CCCC[C@@H]32)n1. The number of hydrogen-bond acceptors (Lipinski definition) is 14. The molecule has 2 aromatic carbocycles.